The molecule has 1 aliphatic rings. The summed E-state index contributed by atoms with van der Waals surface area (Å²) in [6.45, 7) is -1.02. The molecule has 2 aromatic carbocycles. The van der Waals surface area contributed by atoms with E-state index in [2.05, 4.69) is 5.32 Å². The number of rotatable bonds is 7. The minimum absolute atomic E-state index is 0.193. The molecule has 2 aromatic rings. The van der Waals surface area contributed by atoms with Crippen molar-refractivity contribution in [2.45, 2.75) is 19.3 Å². The molecule has 8 nitrogen and oxygen atoms in total. The number of nitrogens with one attached hydrogen (secondary N) is 1. The smallest absolute Gasteiger partial charge is 0.344 e. The van der Waals surface area contributed by atoms with Gasteiger partial charge in [0.1, 0.15) is 17.3 Å². The largest absolute Gasteiger partial charge is 0.482 e. The second-order valence-electron chi connectivity index (χ2n) is 6.20. The molecule has 1 aliphatic carbocycles. The number of nitro benzene ring substituents is 1. The van der Waals surface area contributed by atoms with Gasteiger partial charge in [-0.1, -0.05) is 6.07 Å². The van der Waals surface area contributed by atoms with Gasteiger partial charge in [0.25, 0.3) is 11.6 Å². The second-order valence-corrected chi connectivity index (χ2v) is 6.20. The van der Waals surface area contributed by atoms with Crippen molar-refractivity contribution in [1.82, 2.24) is 0 Å². The molecule has 0 fully saturated rings. The highest BCUT2D eigenvalue weighted by molar-refractivity contribution is 5.94. The first-order valence-corrected chi connectivity index (χ1v) is 8.56. The lowest BCUT2D eigenvalue weighted by Crippen LogP contribution is -2.24. The van der Waals surface area contributed by atoms with E-state index in [0.717, 1.165) is 31.4 Å². The fourth-order valence-corrected chi connectivity index (χ4v) is 2.92. The Hall–Kier alpha value is -3.49. The number of anilines is 1. The van der Waals surface area contributed by atoms with E-state index in [9.17, 15) is 24.1 Å². The second kappa shape index (κ2) is 8.47. The maximum Gasteiger partial charge on any atom is 0.344 e. The van der Waals surface area contributed by atoms with E-state index >= 15 is 0 Å². The van der Waals surface area contributed by atoms with E-state index in [0.29, 0.717) is 11.8 Å². The molecule has 0 heterocycles. The highest BCUT2D eigenvalue weighted by Crippen LogP contribution is 2.26. The van der Waals surface area contributed by atoms with Crippen LogP contribution in [-0.2, 0) is 27.2 Å². The molecule has 9 heteroatoms. The molecule has 0 spiro atoms. The molecule has 0 atom stereocenters. The molecular formula is C19H17FN2O6. The summed E-state index contributed by atoms with van der Waals surface area (Å²) in [5.74, 6) is -1.81. The van der Waals surface area contributed by atoms with Crippen LogP contribution in [0.3, 0.4) is 0 Å². The monoisotopic (exact) mass is 388 g/mol. The average molecular weight is 388 g/mol. The Bertz CT molecular complexity index is 931. The number of ether oxygens (including phenoxy) is 2. The van der Waals surface area contributed by atoms with Gasteiger partial charge in [0.05, 0.1) is 11.0 Å². The van der Waals surface area contributed by atoms with Crippen molar-refractivity contribution in [3.05, 3.63) is 63.5 Å². The molecule has 0 unspecified atom stereocenters. The van der Waals surface area contributed by atoms with E-state index in [1.165, 1.54) is 11.1 Å². The summed E-state index contributed by atoms with van der Waals surface area (Å²) in [5, 5.41) is 13.1. The predicted molar refractivity (Wildman–Crippen MR) is 96.6 cm³/mol. The summed E-state index contributed by atoms with van der Waals surface area (Å²) in [6, 6.07) is 8.34. The van der Waals surface area contributed by atoms with Gasteiger partial charge in [-0.15, -0.1) is 0 Å². The zero-order valence-corrected chi connectivity index (χ0v) is 14.8. The Labute approximate surface area is 159 Å². The van der Waals surface area contributed by atoms with Gasteiger partial charge in [-0.3, -0.25) is 14.9 Å². The van der Waals surface area contributed by atoms with Crippen LogP contribution in [-0.4, -0.2) is 30.0 Å². The number of carbonyl (C=O) groups excluding carboxylic acids is 2. The number of aryl methyl sites for hydroxylation is 2. The van der Waals surface area contributed by atoms with Crippen molar-refractivity contribution in [2.24, 2.45) is 0 Å². The van der Waals surface area contributed by atoms with Crippen LogP contribution in [0.2, 0.25) is 0 Å². The normalized spacial score (nSPS) is 12.2. The molecule has 0 radical (unpaired) electrons. The molecule has 0 aromatic heterocycles. The number of hydrogen-bond donors (Lipinski definition) is 1. The topological polar surface area (TPSA) is 108 Å². The van der Waals surface area contributed by atoms with Crippen molar-refractivity contribution in [3.63, 3.8) is 0 Å². The fourth-order valence-electron chi connectivity index (χ4n) is 2.92. The van der Waals surface area contributed by atoms with Gasteiger partial charge < -0.3 is 14.8 Å². The number of halogens is 1. The molecule has 0 bridgehead atoms. The van der Waals surface area contributed by atoms with Gasteiger partial charge in [-0.05, 0) is 54.7 Å². The summed E-state index contributed by atoms with van der Waals surface area (Å²) >= 11 is 0. The van der Waals surface area contributed by atoms with Crippen LogP contribution in [0.25, 0.3) is 0 Å². The Morgan fingerprint density at radius 1 is 1.11 bits per heavy atom. The molecule has 1 N–H and O–H groups in total. The fraction of sp³-hybridized carbons (Fsp3) is 0.263. The van der Waals surface area contributed by atoms with Crippen LogP contribution in [0, 0.1) is 15.9 Å². The van der Waals surface area contributed by atoms with Crippen molar-refractivity contribution in [2.75, 3.05) is 18.5 Å². The lowest BCUT2D eigenvalue weighted by atomic mass is 10.1. The first-order valence-electron chi connectivity index (χ1n) is 8.56. The molecular weight excluding hydrogens is 371 g/mol. The quantitative estimate of drug-likeness (QED) is 0.444. The number of hydrogen-bond acceptors (Lipinski definition) is 6. The van der Waals surface area contributed by atoms with Gasteiger partial charge in [-0.2, -0.15) is 0 Å². The summed E-state index contributed by atoms with van der Waals surface area (Å²) in [7, 11) is 0. The van der Waals surface area contributed by atoms with Gasteiger partial charge >= 0.3 is 5.97 Å². The number of esters is 1. The van der Waals surface area contributed by atoms with Crippen LogP contribution >= 0.6 is 0 Å². The number of amides is 1. The minimum Gasteiger partial charge on any atom is -0.482 e. The van der Waals surface area contributed by atoms with Crippen LogP contribution < -0.4 is 10.1 Å². The molecule has 0 aliphatic heterocycles. The third-order valence-electron chi connectivity index (χ3n) is 4.22. The third kappa shape index (κ3) is 4.81. The summed E-state index contributed by atoms with van der Waals surface area (Å²) in [5.41, 5.74) is 1.69. The average Bonchev–Trinajstić information content (AvgIpc) is 3.13. The number of benzene rings is 2. The van der Waals surface area contributed by atoms with E-state index in [-0.39, 0.29) is 12.3 Å². The highest BCUT2D eigenvalue weighted by atomic mass is 19.1. The summed E-state index contributed by atoms with van der Waals surface area (Å²) in [6.07, 6.45) is 3.12. The zero-order chi connectivity index (χ0) is 20.1. The molecule has 0 saturated heterocycles. The third-order valence-corrected chi connectivity index (χ3v) is 4.22. The number of carbonyl (C=O) groups is 2. The first-order chi connectivity index (χ1) is 13.4. The van der Waals surface area contributed by atoms with Gasteiger partial charge in [0.2, 0.25) is 0 Å². The van der Waals surface area contributed by atoms with Crippen molar-refractivity contribution < 1.29 is 28.4 Å². The van der Waals surface area contributed by atoms with Crippen LogP contribution in [0.5, 0.6) is 5.75 Å². The zero-order valence-electron chi connectivity index (χ0n) is 14.8. The van der Waals surface area contributed by atoms with Crippen LogP contribution in [0.1, 0.15) is 17.5 Å². The van der Waals surface area contributed by atoms with E-state index in [1.54, 1.807) is 6.07 Å². The van der Waals surface area contributed by atoms with Crippen LogP contribution in [0.4, 0.5) is 15.8 Å². The van der Waals surface area contributed by atoms with Gasteiger partial charge in [-0.25, -0.2) is 9.18 Å². The van der Waals surface area contributed by atoms with E-state index in [4.69, 9.17) is 9.47 Å². The summed E-state index contributed by atoms with van der Waals surface area (Å²) in [4.78, 5) is 33.6. The molecule has 1 amide bonds. The summed E-state index contributed by atoms with van der Waals surface area (Å²) < 4.78 is 23.3. The van der Waals surface area contributed by atoms with Crippen molar-refractivity contribution >= 4 is 23.3 Å². The Morgan fingerprint density at radius 2 is 1.89 bits per heavy atom. The lowest BCUT2D eigenvalue weighted by Gasteiger charge is -2.09. The Kier molecular flexibility index (Phi) is 5.83. The predicted octanol–water partition coefficient (Wildman–Crippen LogP) is 2.78. The first kappa shape index (κ1) is 19.3. The van der Waals surface area contributed by atoms with E-state index in [1.807, 2.05) is 12.1 Å². The maximum absolute atomic E-state index is 13.1. The number of nitro groups is 1. The molecule has 28 heavy (non-hydrogen) atoms. The molecule has 146 valence electrons. The molecule has 3 rings (SSSR count). The standard InChI is InChI=1S/C19H17FN2O6/c20-14-5-7-16(17(9-14)22(25)26)21-18(23)10-28-19(24)11-27-15-6-4-12-2-1-3-13(12)8-15/h4-9H,1-3,10-11H2,(H,21,23). The van der Waals surface area contributed by atoms with E-state index < -0.39 is 34.9 Å². The maximum atomic E-state index is 13.1. The van der Waals surface area contributed by atoms with Crippen LogP contribution in [0.15, 0.2) is 36.4 Å². The highest BCUT2D eigenvalue weighted by Gasteiger charge is 2.18. The SMILES string of the molecule is O=C(COC(=O)COc1ccc2c(c1)CCC2)Nc1ccc(F)cc1[N+](=O)[O-]. The number of fused-ring (bicyclic) bond motifs is 1. The van der Waals surface area contributed by atoms with Crippen molar-refractivity contribution in [3.8, 4) is 5.75 Å². The van der Waals surface area contributed by atoms with Gasteiger partial charge in [0, 0.05) is 0 Å². The van der Waals surface area contributed by atoms with Crippen molar-refractivity contribution in [1.29, 1.82) is 0 Å². The lowest BCUT2D eigenvalue weighted by molar-refractivity contribution is -0.384. The molecule has 0 saturated carbocycles. The number of nitrogens with zero attached hydrogens (tertiary/aromatic N) is 1. The Morgan fingerprint density at radius 3 is 2.68 bits per heavy atom. The Balaban J connectivity index is 1.47. The van der Waals surface area contributed by atoms with Gasteiger partial charge in [0.15, 0.2) is 13.2 Å². The minimum atomic E-state index is -0.824.